The summed E-state index contributed by atoms with van der Waals surface area (Å²) in [7, 11) is 0. The predicted molar refractivity (Wildman–Crippen MR) is 68.5 cm³/mol. The Morgan fingerprint density at radius 2 is 2.38 bits per heavy atom. The Labute approximate surface area is 105 Å². The molecule has 0 amide bonds. The van der Waals surface area contributed by atoms with Gasteiger partial charge >= 0.3 is 0 Å². The molecule has 1 N–H and O–H groups in total. The monoisotopic (exact) mass is 259 g/mol. The molecule has 0 saturated carbocycles. The predicted octanol–water partition coefficient (Wildman–Crippen LogP) is 3.32. The molecule has 1 nitrogen and oxygen atoms in total. The molecule has 1 saturated heterocycles. The van der Waals surface area contributed by atoms with Crippen molar-refractivity contribution in [3.05, 3.63) is 34.6 Å². The van der Waals surface area contributed by atoms with Crippen LogP contribution in [0.1, 0.15) is 12.0 Å². The third-order valence-electron chi connectivity index (χ3n) is 2.80. The average molecular weight is 260 g/mol. The number of hydrogen-bond acceptors (Lipinski definition) is 2. The quantitative estimate of drug-likeness (QED) is 0.890. The number of thioether (sulfide) groups is 1. The summed E-state index contributed by atoms with van der Waals surface area (Å²) < 4.78 is 13.5. The molecule has 0 spiro atoms. The summed E-state index contributed by atoms with van der Waals surface area (Å²) >= 11 is 7.71. The Kier molecular flexibility index (Phi) is 4.50. The van der Waals surface area contributed by atoms with Gasteiger partial charge in [0, 0.05) is 12.1 Å². The molecule has 88 valence electrons. The number of nitrogens with one attached hydrogen (secondary N) is 1. The lowest BCUT2D eigenvalue weighted by Crippen LogP contribution is -2.22. The third kappa shape index (κ3) is 3.12. The minimum atomic E-state index is -0.294. The van der Waals surface area contributed by atoms with E-state index >= 15 is 0 Å². The largest absolute Gasteiger partial charge is 0.312 e. The molecule has 1 atom stereocenters. The van der Waals surface area contributed by atoms with E-state index in [0.29, 0.717) is 12.1 Å². The van der Waals surface area contributed by atoms with Gasteiger partial charge in [-0.3, -0.25) is 0 Å². The van der Waals surface area contributed by atoms with Gasteiger partial charge in [0.25, 0.3) is 0 Å². The van der Waals surface area contributed by atoms with Gasteiger partial charge in [0.1, 0.15) is 5.82 Å². The highest BCUT2D eigenvalue weighted by molar-refractivity contribution is 7.99. The van der Waals surface area contributed by atoms with Crippen LogP contribution in [0.3, 0.4) is 0 Å². The summed E-state index contributed by atoms with van der Waals surface area (Å²) in [4.78, 5) is 0. The maximum atomic E-state index is 13.5. The second-order valence-electron chi connectivity index (χ2n) is 4.07. The van der Waals surface area contributed by atoms with Gasteiger partial charge in [0.2, 0.25) is 0 Å². The Bertz CT molecular complexity index is 353. The van der Waals surface area contributed by atoms with Crippen molar-refractivity contribution in [2.24, 2.45) is 5.92 Å². The summed E-state index contributed by atoms with van der Waals surface area (Å²) in [5, 5.41) is 3.50. The summed E-state index contributed by atoms with van der Waals surface area (Å²) in [6.07, 6.45) is 1.27. The van der Waals surface area contributed by atoms with Crippen LogP contribution in [0.15, 0.2) is 18.2 Å². The van der Waals surface area contributed by atoms with Crippen LogP contribution in [0, 0.1) is 11.7 Å². The minimum Gasteiger partial charge on any atom is -0.312 e. The van der Waals surface area contributed by atoms with Gasteiger partial charge in [0.15, 0.2) is 0 Å². The van der Waals surface area contributed by atoms with Crippen molar-refractivity contribution in [2.75, 3.05) is 18.1 Å². The lowest BCUT2D eigenvalue weighted by molar-refractivity contribution is 0.512. The summed E-state index contributed by atoms with van der Waals surface area (Å²) in [6, 6.07) is 5.14. The first-order valence-corrected chi connectivity index (χ1v) is 7.02. The van der Waals surface area contributed by atoms with E-state index in [1.54, 1.807) is 18.2 Å². The fraction of sp³-hybridized carbons (Fsp3) is 0.500. The van der Waals surface area contributed by atoms with Gasteiger partial charge < -0.3 is 5.32 Å². The molecule has 0 radical (unpaired) electrons. The van der Waals surface area contributed by atoms with Crippen molar-refractivity contribution in [3.8, 4) is 0 Å². The Hall–Kier alpha value is -0.250. The molecule has 1 aliphatic rings. The molecular formula is C12H15ClFNS. The van der Waals surface area contributed by atoms with Gasteiger partial charge in [-0.05, 0) is 36.5 Å². The Morgan fingerprint density at radius 1 is 1.50 bits per heavy atom. The molecule has 1 aliphatic heterocycles. The molecule has 0 aliphatic carbocycles. The smallest absolute Gasteiger partial charge is 0.146 e. The van der Waals surface area contributed by atoms with Crippen LogP contribution < -0.4 is 5.32 Å². The van der Waals surface area contributed by atoms with Gasteiger partial charge in [-0.1, -0.05) is 23.7 Å². The minimum absolute atomic E-state index is 0.204. The van der Waals surface area contributed by atoms with Gasteiger partial charge in [0.05, 0.1) is 5.02 Å². The molecule has 1 fully saturated rings. The zero-order valence-corrected chi connectivity index (χ0v) is 10.6. The second-order valence-corrected chi connectivity index (χ2v) is 5.63. The fourth-order valence-corrected chi connectivity index (χ4v) is 3.32. The topological polar surface area (TPSA) is 12.0 Å². The highest BCUT2D eigenvalue weighted by atomic mass is 35.5. The lowest BCUT2D eigenvalue weighted by atomic mass is 10.1. The van der Waals surface area contributed by atoms with E-state index in [-0.39, 0.29) is 10.8 Å². The maximum absolute atomic E-state index is 13.5. The van der Waals surface area contributed by atoms with Crippen molar-refractivity contribution >= 4 is 23.4 Å². The van der Waals surface area contributed by atoms with E-state index in [4.69, 9.17) is 11.6 Å². The zero-order valence-electron chi connectivity index (χ0n) is 9.01. The fourth-order valence-electron chi connectivity index (χ4n) is 1.84. The maximum Gasteiger partial charge on any atom is 0.146 e. The third-order valence-corrected chi connectivity index (χ3v) is 4.33. The first kappa shape index (κ1) is 12.2. The van der Waals surface area contributed by atoms with Gasteiger partial charge in [-0.2, -0.15) is 11.8 Å². The summed E-state index contributed by atoms with van der Waals surface area (Å²) in [6.45, 7) is 1.53. The average Bonchev–Trinajstić information content (AvgIpc) is 2.77. The molecule has 0 bridgehead atoms. The van der Waals surface area contributed by atoms with Crippen LogP contribution in [0.25, 0.3) is 0 Å². The second kappa shape index (κ2) is 5.89. The van der Waals surface area contributed by atoms with E-state index in [0.717, 1.165) is 12.5 Å². The van der Waals surface area contributed by atoms with Crippen LogP contribution in [0.4, 0.5) is 4.39 Å². The number of hydrogen-bond donors (Lipinski definition) is 1. The van der Waals surface area contributed by atoms with E-state index in [1.807, 2.05) is 11.8 Å². The summed E-state index contributed by atoms with van der Waals surface area (Å²) in [5.74, 6) is 2.94. The molecule has 1 unspecified atom stereocenters. The van der Waals surface area contributed by atoms with Gasteiger partial charge in [-0.25, -0.2) is 4.39 Å². The zero-order chi connectivity index (χ0) is 11.4. The van der Waals surface area contributed by atoms with Crippen LogP contribution in [0.2, 0.25) is 5.02 Å². The van der Waals surface area contributed by atoms with E-state index in [2.05, 4.69) is 5.32 Å². The molecule has 1 aromatic rings. The molecule has 1 aromatic carbocycles. The number of rotatable bonds is 4. The standard InChI is InChI=1S/C12H15ClFNS/c13-11-3-1-2-10(12(11)14)7-15-6-9-4-5-16-8-9/h1-3,9,15H,4-8H2. The highest BCUT2D eigenvalue weighted by Gasteiger charge is 2.15. The van der Waals surface area contributed by atoms with Crippen molar-refractivity contribution < 1.29 is 4.39 Å². The van der Waals surface area contributed by atoms with Crippen LogP contribution in [-0.4, -0.2) is 18.1 Å². The van der Waals surface area contributed by atoms with Crippen molar-refractivity contribution in [1.29, 1.82) is 0 Å². The van der Waals surface area contributed by atoms with Crippen LogP contribution in [-0.2, 0) is 6.54 Å². The number of halogens is 2. The molecule has 1 heterocycles. The first-order chi connectivity index (χ1) is 7.77. The molecule has 16 heavy (non-hydrogen) atoms. The van der Waals surface area contributed by atoms with E-state index in [1.165, 1.54) is 17.9 Å². The van der Waals surface area contributed by atoms with Crippen molar-refractivity contribution in [2.45, 2.75) is 13.0 Å². The molecule has 2 rings (SSSR count). The molecular weight excluding hydrogens is 245 g/mol. The first-order valence-electron chi connectivity index (χ1n) is 5.48. The Morgan fingerprint density at radius 3 is 3.12 bits per heavy atom. The van der Waals surface area contributed by atoms with Gasteiger partial charge in [-0.15, -0.1) is 0 Å². The van der Waals surface area contributed by atoms with E-state index in [9.17, 15) is 4.39 Å². The lowest BCUT2D eigenvalue weighted by Gasteiger charge is -2.10. The molecule has 4 heteroatoms. The summed E-state index contributed by atoms with van der Waals surface area (Å²) in [5.41, 5.74) is 0.651. The highest BCUT2D eigenvalue weighted by Crippen LogP contribution is 2.23. The van der Waals surface area contributed by atoms with Crippen molar-refractivity contribution in [1.82, 2.24) is 5.32 Å². The normalized spacial score (nSPS) is 20.2. The van der Waals surface area contributed by atoms with E-state index < -0.39 is 0 Å². The van der Waals surface area contributed by atoms with Crippen LogP contribution in [0.5, 0.6) is 0 Å². The SMILES string of the molecule is Fc1c(Cl)cccc1CNCC1CCSC1. The Balaban J connectivity index is 1.82. The van der Waals surface area contributed by atoms with Crippen LogP contribution >= 0.6 is 23.4 Å². The number of benzene rings is 1. The molecule has 0 aromatic heterocycles. The van der Waals surface area contributed by atoms with Crippen molar-refractivity contribution in [3.63, 3.8) is 0 Å².